The molecule has 0 unspecified atom stereocenters. The minimum Gasteiger partial charge on any atom is -0.225 e. The average Bonchev–Trinajstić information content (AvgIpc) is 1.91. The Morgan fingerprint density at radius 3 is 2.43 bits per heavy atom. The maximum absolute atomic E-state index is 3.78. The summed E-state index contributed by atoms with van der Waals surface area (Å²) in [4.78, 5) is 3.78. The summed E-state index contributed by atoms with van der Waals surface area (Å²) >= 11 is 7.87. The topological polar surface area (TPSA) is 12.9 Å². The zero-order chi connectivity index (χ0) is 5.28. The SMILES string of the molecule is Brc1n[c]sc1Br. The normalized spacial score (nSPS) is 9.43. The Morgan fingerprint density at radius 2 is 2.29 bits per heavy atom. The van der Waals surface area contributed by atoms with Crippen LogP contribution in [0, 0.1) is 5.51 Å². The van der Waals surface area contributed by atoms with Crippen molar-refractivity contribution in [1.29, 1.82) is 0 Å². The molecule has 1 nitrogen and oxygen atoms in total. The highest BCUT2D eigenvalue weighted by Crippen LogP contribution is 2.24. The molecule has 1 heterocycles. The molecule has 0 aliphatic heterocycles. The quantitative estimate of drug-likeness (QED) is 0.680. The van der Waals surface area contributed by atoms with Crippen molar-refractivity contribution in [3.63, 3.8) is 0 Å². The molecule has 1 radical (unpaired) electrons. The van der Waals surface area contributed by atoms with Crippen molar-refractivity contribution in [3.8, 4) is 0 Å². The third kappa shape index (κ3) is 1.24. The standard InChI is InChI=1S/C3Br2NS/c4-2-3(5)7-1-6-2. The number of aromatic nitrogens is 1. The zero-order valence-electron chi connectivity index (χ0n) is 3.11. The van der Waals surface area contributed by atoms with E-state index in [2.05, 4.69) is 42.4 Å². The molecule has 0 saturated carbocycles. The van der Waals surface area contributed by atoms with Gasteiger partial charge in [-0.25, -0.2) is 4.98 Å². The van der Waals surface area contributed by atoms with Gasteiger partial charge in [0.1, 0.15) is 8.39 Å². The summed E-state index contributed by atoms with van der Waals surface area (Å²) in [5.74, 6) is 0. The summed E-state index contributed by atoms with van der Waals surface area (Å²) in [5, 5.41) is 0. The summed E-state index contributed by atoms with van der Waals surface area (Å²) in [6, 6.07) is 0. The first-order valence-electron chi connectivity index (χ1n) is 1.48. The molecule has 1 rings (SSSR count). The van der Waals surface area contributed by atoms with Crippen molar-refractivity contribution in [1.82, 2.24) is 4.98 Å². The van der Waals surface area contributed by atoms with E-state index >= 15 is 0 Å². The van der Waals surface area contributed by atoms with Crippen LogP contribution in [0.2, 0.25) is 0 Å². The lowest BCUT2D eigenvalue weighted by Gasteiger charge is -1.72. The molecule has 0 saturated heterocycles. The van der Waals surface area contributed by atoms with Gasteiger partial charge in [0.15, 0.2) is 5.51 Å². The van der Waals surface area contributed by atoms with E-state index in [1.165, 1.54) is 11.3 Å². The molecule has 1 aromatic rings. The van der Waals surface area contributed by atoms with E-state index in [-0.39, 0.29) is 0 Å². The first-order valence-corrected chi connectivity index (χ1v) is 3.89. The van der Waals surface area contributed by atoms with Gasteiger partial charge in [0.25, 0.3) is 0 Å². The van der Waals surface area contributed by atoms with Crippen LogP contribution in [0.4, 0.5) is 0 Å². The number of rotatable bonds is 0. The third-order valence-electron chi connectivity index (χ3n) is 0.441. The van der Waals surface area contributed by atoms with Crippen LogP contribution in [-0.2, 0) is 0 Å². The summed E-state index contributed by atoms with van der Waals surface area (Å²) in [6.45, 7) is 0. The Balaban J connectivity index is 3.12. The largest absolute Gasteiger partial charge is 0.225 e. The number of hydrogen-bond acceptors (Lipinski definition) is 2. The van der Waals surface area contributed by atoms with Crippen molar-refractivity contribution in [2.75, 3.05) is 0 Å². The fourth-order valence-electron chi connectivity index (χ4n) is 0.189. The van der Waals surface area contributed by atoms with Gasteiger partial charge < -0.3 is 0 Å². The molecule has 7 heavy (non-hydrogen) atoms. The van der Waals surface area contributed by atoms with Crippen molar-refractivity contribution in [2.24, 2.45) is 0 Å². The van der Waals surface area contributed by atoms with Gasteiger partial charge in [-0.1, -0.05) is 0 Å². The Bertz CT molecular complexity index is 145. The molecule has 0 bridgehead atoms. The smallest absolute Gasteiger partial charge is 0.154 e. The van der Waals surface area contributed by atoms with Gasteiger partial charge in [-0.3, -0.25) is 0 Å². The molecule has 4 heteroatoms. The predicted molar refractivity (Wildman–Crippen MR) is 36.3 cm³/mol. The fraction of sp³-hybridized carbons (Fsp3) is 0. The molecule has 1 aromatic heterocycles. The summed E-state index contributed by atoms with van der Waals surface area (Å²) in [7, 11) is 0. The van der Waals surface area contributed by atoms with E-state index in [4.69, 9.17) is 0 Å². The Morgan fingerprint density at radius 1 is 1.57 bits per heavy atom. The van der Waals surface area contributed by atoms with Crippen LogP contribution in [0.3, 0.4) is 0 Å². The first-order chi connectivity index (χ1) is 3.30. The lowest BCUT2D eigenvalue weighted by molar-refractivity contribution is 1.34. The lowest BCUT2D eigenvalue weighted by Crippen LogP contribution is -1.55. The summed E-state index contributed by atoms with van der Waals surface area (Å²) < 4.78 is 1.82. The summed E-state index contributed by atoms with van der Waals surface area (Å²) in [5.41, 5.74) is 2.70. The fourth-order valence-corrected chi connectivity index (χ4v) is 1.29. The molecular weight excluding hydrogens is 242 g/mol. The highest BCUT2D eigenvalue weighted by atomic mass is 79.9. The molecule has 0 aliphatic carbocycles. The van der Waals surface area contributed by atoms with E-state index in [9.17, 15) is 0 Å². The number of halogens is 2. The maximum atomic E-state index is 3.78. The van der Waals surface area contributed by atoms with Crippen molar-refractivity contribution >= 4 is 43.2 Å². The Labute approximate surface area is 62.0 Å². The molecule has 0 fully saturated rings. The second-order valence-electron chi connectivity index (χ2n) is 0.870. The highest BCUT2D eigenvalue weighted by molar-refractivity contribution is 9.13. The zero-order valence-corrected chi connectivity index (χ0v) is 7.10. The molecule has 0 aromatic carbocycles. The van der Waals surface area contributed by atoms with E-state index < -0.39 is 0 Å². The molecule has 0 amide bonds. The van der Waals surface area contributed by atoms with Crippen LogP contribution in [0.15, 0.2) is 8.39 Å². The van der Waals surface area contributed by atoms with E-state index in [0.717, 1.165) is 8.39 Å². The molecule has 0 aliphatic rings. The minimum atomic E-state index is 0.831. The van der Waals surface area contributed by atoms with Crippen LogP contribution in [0.25, 0.3) is 0 Å². The molecule has 37 valence electrons. The Hall–Kier alpha value is 0.590. The molecular formula is C3Br2NS. The molecule has 0 spiro atoms. The lowest BCUT2D eigenvalue weighted by atomic mass is 11.0. The number of thiazole rings is 1. The van der Waals surface area contributed by atoms with Crippen LogP contribution < -0.4 is 0 Å². The first kappa shape index (κ1) is 5.72. The van der Waals surface area contributed by atoms with Crippen LogP contribution >= 0.6 is 43.2 Å². The average molecular weight is 242 g/mol. The second-order valence-corrected chi connectivity index (χ2v) is 3.73. The number of hydrogen-bond donors (Lipinski definition) is 0. The maximum Gasteiger partial charge on any atom is 0.154 e. The van der Waals surface area contributed by atoms with E-state index in [0.29, 0.717) is 0 Å². The predicted octanol–water partition coefficient (Wildman–Crippen LogP) is 2.47. The van der Waals surface area contributed by atoms with Crippen LogP contribution in [-0.4, -0.2) is 4.98 Å². The van der Waals surface area contributed by atoms with E-state index in [1.807, 2.05) is 0 Å². The second kappa shape index (κ2) is 2.24. The van der Waals surface area contributed by atoms with Crippen molar-refractivity contribution in [3.05, 3.63) is 13.9 Å². The van der Waals surface area contributed by atoms with Gasteiger partial charge >= 0.3 is 0 Å². The minimum absolute atomic E-state index is 0.831. The van der Waals surface area contributed by atoms with Gasteiger partial charge in [-0.15, -0.1) is 11.3 Å². The van der Waals surface area contributed by atoms with E-state index in [1.54, 1.807) is 0 Å². The monoisotopic (exact) mass is 240 g/mol. The van der Waals surface area contributed by atoms with Gasteiger partial charge in [0, 0.05) is 0 Å². The van der Waals surface area contributed by atoms with Crippen LogP contribution in [0.1, 0.15) is 0 Å². The van der Waals surface area contributed by atoms with Crippen LogP contribution in [0.5, 0.6) is 0 Å². The highest BCUT2D eigenvalue weighted by Gasteiger charge is 1.94. The molecule has 0 atom stereocenters. The van der Waals surface area contributed by atoms with Gasteiger partial charge in [-0.05, 0) is 31.9 Å². The third-order valence-corrected chi connectivity index (χ3v) is 3.23. The van der Waals surface area contributed by atoms with Gasteiger partial charge in [0.05, 0.1) is 0 Å². The van der Waals surface area contributed by atoms with Crippen molar-refractivity contribution in [2.45, 2.75) is 0 Å². The summed E-state index contributed by atoms with van der Waals surface area (Å²) in [6.07, 6.45) is 0. The van der Waals surface area contributed by atoms with Crippen molar-refractivity contribution < 1.29 is 0 Å². The van der Waals surface area contributed by atoms with Gasteiger partial charge in [0.2, 0.25) is 0 Å². The van der Waals surface area contributed by atoms with Gasteiger partial charge in [-0.2, -0.15) is 0 Å². The molecule has 0 N–H and O–H groups in total. The number of nitrogens with zero attached hydrogens (tertiary/aromatic N) is 1. The Kier molecular flexibility index (Phi) is 1.83.